The first-order chi connectivity index (χ1) is 10.2. The van der Waals surface area contributed by atoms with Crippen LogP contribution in [0, 0.1) is 19.8 Å². The summed E-state index contributed by atoms with van der Waals surface area (Å²) in [5, 5.41) is 3.54. The maximum absolute atomic E-state index is 5.66. The van der Waals surface area contributed by atoms with Gasteiger partial charge in [-0.15, -0.1) is 0 Å². The van der Waals surface area contributed by atoms with Crippen LogP contribution < -0.4 is 10.1 Å². The van der Waals surface area contributed by atoms with Gasteiger partial charge in [0.05, 0.1) is 7.11 Å². The van der Waals surface area contributed by atoms with Gasteiger partial charge in [0, 0.05) is 11.6 Å². The van der Waals surface area contributed by atoms with Crippen LogP contribution in [0.1, 0.15) is 67.7 Å². The highest BCUT2D eigenvalue weighted by atomic mass is 16.5. The van der Waals surface area contributed by atoms with E-state index < -0.39 is 0 Å². The Balaban J connectivity index is 2.20. The molecular weight excluding hydrogens is 258 g/mol. The van der Waals surface area contributed by atoms with E-state index in [0.717, 1.165) is 11.7 Å². The molecule has 0 aromatic heterocycles. The molecule has 2 heteroatoms. The summed E-state index contributed by atoms with van der Waals surface area (Å²) < 4.78 is 5.66. The minimum atomic E-state index is 0.406. The molecule has 1 N–H and O–H groups in total. The van der Waals surface area contributed by atoms with Crippen molar-refractivity contribution < 1.29 is 4.74 Å². The van der Waals surface area contributed by atoms with E-state index in [0.29, 0.717) is 6.04 Å². The molecule has 2 rings (SSSR count). The third kappa shape index (κ3) is 4.23. The molecule has 0 amide bonds. The molecule has 1 aliphatic carbocycles. The van der Waals surface area contributed by atoms with Crippen molar-refractivity contribution in [3.8, 4) is 5.75 Å². The summed E-state index contributed by atoms with van der Waals surface area (Å²) in [6.07, 6.45) is 9.69. The molecule has 0 spiro atoms. The maximum atomic E-state index is 5.66. The summed E-state index contributed by atoms with van der Waals surface area (Å²) in [4.78, 5) is 0. The monoisotopic (exact) mass is 289 g/mol. The van der Waals surface area contributed by atoms with Crippen molar-refractivity contribution in [3.05, 3.63) is 28.8 Å². The van der Waals surface area contributed by atoms with Crippen LogP contribution in [0.5, 0.6) is 5.75 Å². The number of rotatable bonds is 5. The number of aryl methyl sites for hydroxylation is 2. The first-order valence-electron chi connectivity index (χ1n) is 8.48. The van der Waals surface area contributed by atoms with Crippen LogP contribution >= 0.6 is 0 Å². The van der Waals surface area contributed by atoms with Crippen LogP contribution in [0.15, 0.2) is 12.1 Å². The molecular formula is C19H31NO. The van der Waals surface area contributed by atoms with Crippen molar-refractivity contribution in [1.82, 2.24) is 5.32 Å². The summed E-state index contributed by atoms with van der Waals surface area (Å²) in [6, 6.07) is 4.85. The van der Waals surface area contributed by atoms with Gasteiger partial charge >= 0.3 is 0 Å². The maximum Gasteiger partial charge on any atom is 0.124 e. The first-order valence-corrected chi connectivity index (χ1v) is 8.48. The van der Waals surface area contributed by atoms with Crippen LogP contribution in [0.2, 0.25) is 0 Å². The summed E-state index contributed by atoms with van der Waals surface area (Å²) in [7, 11) is 3.87. The van der Waals surface area contributed by atoms with Crippen molar-refractivity contribution in [2.75, 3.05) is 14.2 Å². The van der Waals surface area contributed by atoms with Gasteiger partial charge < -0.3 is 10.1 Å². The van der Waals surface area contributed by atoms with E-state index in [9.17, 15) is 0 Å². The van der Waals surface area contributed by atoms with Gasteiger partial charge in [-0.3, -0.25) is 0 Å². The SMILES string of the molecule is CNC(CC1CCCCCC1)c1c(C)cc(C)cc1OC. The zero-order valence-corrected chi connectivity index (χ0v) is 14.2. The Hall–Kier alpha value is -1.02. The molecule has 1 aromatic rings. The smallest absolute Gasteiger partial charge is 0.124 e. The molecule has 1 saturated carbocycles. The molecule has 0 saturated heterocycles. The lowest BCUT2D eigenvalue weighted by atomic mass is 9.87. The Bertz CT molecular complexity index is 447. The van der Waals surface area contributed by atoms with Crippen molar-refractivity contribution >= 4 is 0 Å². The van der Waals surface area contributed by atoms with Gasteiger partial charge in [0.1, 0.15) is 5.75 Å². The van der Waals surface area contributed by atoms with Crippen molar-refractivity contribution in [1.29, 1.82) is 0 Å². The molecule has 1 atom stereocenters. The van der Waals surface area contributed by atoms with E-state index in [1.807, 2.05) is 0 Å². The zero-order valence-electron chi connectivity index (χ0n) is 14.2. The van der Waals surface area contributed by atoms with E-state index in [-0.39, 0.29) is 0 Å². The molecule has 1 aromatic carbocycles. The zero-order chi connectivity index (χ0) is 15.2. The second-order valence-electron chi connectivity index (χ2n) is 6.63. The summed E-state index contributed by atoms with van der Waals surface area (Å²) >= 11 is 0. The average molecular weight is 289 g/mol. The fraction of sp³-hybridized carbons (Fsp3) is 0.684. The highest BCUT2D eigenvalue weighted by Crippen LogP contribution is 2.36. The lowest BCUT2D eigenvalue weighted by molar-refractivity contribution is 0.352. The summed E-state index contributed by atoms with van der Waals surface area (Å²) in [5.41, 5.74) is 3.98. The second-order valence-corrected chi connectivity index (χ2v) is 6.63. The number of methoxy groups -OCH3 is 1. The van der Waals surface area contributed by atoms with E-state index in [2.05, 4.69) is 38.3 Å². The van der Waals surface area contributed by atoms with Gasteiger partial charge in [0.15, 0.2) is 0 Å². The van der Waals surface area contributed by atoms with Crippen molar-refractivity contribution in [2.45, 2.75) is 64.8 Å². The Morgan fingerprint density at radius 3 is 2.38 bits per heavy atom. The number of nitrogens with one attached hydrogen (secondary N) is 1. The van der Waals surface area contributed by atoms with Crippen LogP contribution in [0.3, 0.4) is 0 Å². The predicted octanol–water partition coefficient (Wildman–Crippen LogP) is 4.93. The number of benzene rings is 1. The second kappa shape index (κ2) is 7.84. The normalized spacial score (nSPS) is 18.3. The van der Waals surface area contributed by atoms with Gasteiger partial charge in [-0.25, -0.2) is 0 Å². The van der Waals surface area contributed by atoms with Crippen LogP contribution in [-0.2, 0) is 0 Å². The van der Waals surface area contributed by atoms with Crippen LogP contribution in [-0.4, -0.2) is 14.2 Å². The van der Waals surface area contributed by atoms with Crippen molar-refractivity contribution in [2.24, 2.45) is 5.92 Å². The Labute approximate surface area is 130 Å². The number of hydrogen-bond donors (Lipinski definition) is 1. The molecule has 2 nitrogen and oxygen atoms in total. The number of ether oxygens (including phenoxy) is 1. The minimum absolute atomic E-state index is 0.406. The lowest BCUT2D eigenvalue weighted by Crippen LogP contribution is -2.21. The molecule has 0 radical (unpaired) electrons. The standard InChI is InChI=1S/C19H31NO/c1-14-11-15(2)19(18(12-14)21-4)17(20-3)13-16-9-7-5-6-8-10-16/h11-12,16-17,20H,5-10,13H2,1-4H3. The molecule has 1 unspecified atom stereocenters. The minimum Gasteiger partial charge on any atom is -0.496 e. The van der Waals surface area contributed by atoms with Crippen molar-refractivity contribution in [3.63, 3.8) is 0 Å². The van der Waals surface area contributed by atoms with Gasteiger partial charge in [-0.2, -0.15) is 0 Å². The fourth-order valence-electron chi connectivity index (χ4n) is 3.87. The third-order valence-electron chi connectivity index (χ3n) is 4.95. The van der Waals surface area contributed by atoms with E-state index in [1.165, 1.54) is 61.6 Å². The van der Waals surface area contributed by atoms with E-state index >= 15 is 0 Å². The fourth-order valence-corrected chi connectivity index (χ4v) is 3.87. The molecule has 0 bridgehead atoms. The third-order valence-corrected chi connectivity index (χ3v) is 4.95. The van der Waals surface area contributed by atoms with Crippen LogP contribution in [0.4, 0.5) is 0 Å². The highest BCUT2D eigenvalue weighted by Gasteiger charge is 2.22. The average Bonchev–Trinajstić information content (AvgIpc) is 2.73. The van der Waals surface area contributed by atoms with Gasteiger partial charge in [-0.1, -0.05) is 44.6 Å². The largest absolute Gasteiger partial charge is 0.496 e. The van der Waals surface area contributed by atoms with E-state index in [1.54, 1.807) is 7.11 Å². The molecule has 118 valence electrons. The Kier molecular flexibility index (Phi) is 6.10. The van der Waals surface area contributed by atoms with Gasteiger partial charge in [0.25, 0.3) is 0 Å². The van der Waals surface area contributed by atoms with Gasteiger partial charge in [-0.05, 0) is 50.4 Å². The molecule has 0 aliphatic heterocycles. The molecule has 0 heterocycles. The molecule has 1 fully saturated rings. The topological polar surface area (TPSA) is 21.3 Å². The quantitative estimate of drug-likeness (QED) is 0.776. The number of hydrogen-bond acceptors (Lipinski definition) is 2. The Morgan fingerprint density at radius 1 is 1.14 bits per heavy atom. The lowest BCUT2D eigenvalue weighted by Gasteiger charge is -2.26. The highest BCUT2D eigenvalue weighted by molar-refractivity contribution is 5.45. The molecule has 1 aliphatic rings. The predicted molar refractivity (Wildman–Crippen MR) is 90.1 cm³/mol. The van der Waals surface area contributed by atoms with E-state index in [4.69, 9.17) is 4.74 Å². The first kappa shape index (κ1) is 16.4. The van der Waals surface area contributed by atoms with Crippen LogP contribution in [0.25, 0.3) is 0 Å². The Morgan fingerprint density at radius 2 is 1.81 bits per heavy atom. The van der Waals surface area contributed by atoms with Gasteiger partial charge in [0.2, 0.25) is 0 Å². The molecule has 21 heavy (non-hydrogen) atoms. The summed E-state index contributed by atoms with van der Waals surface area (Å²) in [6.45, 7) is 4.35. The summed E-state index contributed by atoms with van der Waals surface area (Å²) in [5.74, 6) is 1.90.